The van der Waals surface area contributed by atoms with Crippen molar-refractivity contribution >= 4 is 34.7 Å². The third kappa shape index (κ3) is 2.11. The summed E-state index contributed by atoms with van der Waals surface area (Å²) >= 11 is 1.76. The zero-order valence-electron chi connectivity index (χ0n) is 6.30. The van der Waals surface area contributed by atoms with Crippen LogP contribution in [0, 0.1) is 3.57 Å². The zero-order chi connectivity index (χ0) is 10.0. The van der Waals surface area contributed by atoms with E-state index in [0.29, 0.717) is 9.86 Å². The molecule has 0 atom stereocenters. The van der Waals surface area contributed by atoms with Gasteiger partial charge in [-0.15, -0.1) is 0 Å². The van der Waals surface area contributed by atoms with Crippen LogP contribution in [0.3, 0.4) is 0 Å². The second-order valence-corrected chi connectivity index (χ2v) is 3.41. The number of carbonyl (C=O) groups excluding carboxylic acids is 1. The highest BCUT2D eigenvalue weighted by molar-refractivity contribution is 14.1. The van der Waals surface area contributed by atoms with Crippen molar-refractivity contribution in [3.8, 4) is 0 Å². The first-order valence-electron chi connectivity index (χ1n) is 3.25. The van der Waals surface area contributed by atoms with Crippen LogP contribution in [0.5, 0.6) is 0 Å². The molecule has 1 heterocycles. The molecule has 1 aromatic rings. The molecule has 3 nitrogen and oxygen atoms in total. The van der Waals surface area contributed by atoms with Gasteiger partial charge in [-0.25, -0.2) is 13.8 Å². The first-order chi connectivity index (χ1) is 6.06. The van der Waals surface area contributed by atoms with Gasteiger partial charge in [0.1, 0.15) is 11.5 Å². The SMILES string of the molecule is Nc1cc(I)c(C=O)c(C(F)F)n1. The van der Waals surface area contributed by atoms with Crippen LogP contribution in [0.15, 0.2) is 6.07 Å². The van der Waals surface area contributed by atoms with Gasteiger partial charge < -0.3 is 5.73 Å². The number of nitrogens with two attached hydrogens (primary N) is 1. The van der Waals surface area contributed by atoms with Crippen LogP contribution < -0.4 is 5.73 Å². The molecule has 0 spiro atoms. The lowest BCUT2D eigenvalue weighted by molar-refractivity contribution is 0.110. The van der Waals surface area contributed by atoms with Crippen molar-refractivity contribution < 1.29 is 13.6 Å². The van der Waals surface area contributed by atoms with Crippen LogP contribution in [0.1, 0.15) is 22.5 Å². The van der Waals surface area contributed by atoms with Crippen molar-refractivity contribution in [2.75, 3.05) is 5.73 Å². The largest absolute Gasteiger partial charge is 0.384 e. The lowest BCUT2D eigenvalue weighted by Crippen LogP contribution is -2.03. The first kappa shape index (κ1) is 10.3. The van der Waals surface area contributed by atoms with Crippen LogP contribution in [0.2, 0.25) is 0 Å². The Morgan fingerprint density at radius 3 is 2.69 bits per heavy atom. The minimum absolute atomic E-state index is 0.00898. The van der Waals surface area contributed by atoms with Crippen molar-refractivity contribution in [2.45, 2.75) is 6.43 Å². The average molecular weight is 298 g/mol. The van der Waals surface area contributed by atoms with Crippen LogP contribution in [-0.2, 0) is 0 Å². The van der Waals surface area contributed by atoms with E-state index >= 15 is 0 Å². The summed E-state index contributed by atoms with van der Waals surface area (Å²) in [6.45, 7) is 0. The second kappa shape index (κ2) is 3.95. The number of aldehydes is 1. The molecule has 13 heavy (non-hydrogen) atoms. The number of pyridine rings is 1. The summed E-state index contributed by atoms with van der Waals surface area (Å²) in [5.74, 6) is -0.00898. The van der Waals surface area contributed by atoms with Gasteiger partial charge in [-0.1, -0.05) is 0 Å². The average Bonchev–Trinajstić information content (AvgIpc) is 2.02. The topological polar surface area (TPSA) is 56.0 Å². The highest BCUT2D eigenvalue weighted by atomic mass is 127. The molecule has 0 radical (unpaired) electrons. The lowest BCUT2D eigenvalue weighted by Gasteiger charge is -2.05. The van der Waals surface area contributed by atoms with Gasteiger partial charge in [-0.05, 0) is 28.7 Å². The number of hydrogen-bond acceptors (Lipinski definition) is 3. The molecular weight excluding hydrogens is 293 g/mol. The molecule has 1 aromatic heterocycles. The molecule has 0 amide bonds. The van der Waals surface area contributed by atoms with E-state index < -0.39 is 12.1 Å². The molecule has 0 saturated heterocycles. The Morgan fingerprint density at radius 1 is 1.62 bits per heavy atom. The molecule has 2 N–H and O–H groups in total. The van der Waals surface area contributed by atoms with Crippen molar-refractivity contribution in [1.29, 1.82) is 0 Å². The molecule has 0 aliphatic carbocycles. The Morgan fingerprint density at radius 2 is 2.23 bits per heavy atom. The van der Waals surface area contributed by atoms with E-state index in [4.69, 9.17) is 5.73 Å². The van der Waals surface area contributed by atoms with E-state index in [2.05, 4.69) is 4.98 Å². The number of halogens is 3. The highest BCUT2D eigenvalue weighted by Crippen LogP contribution is 2.24. The lowest BCUT2D eigenvalue weighted by atomic mass is 10.2. The predicted molar refractivity (Wildman–Crippen MR) is 51.7 cm³/mol. The van der Waals surface area contributed by atoms with E-state index in [-0.39, 0.29) is 11.4 Å². The molecule has 1 rings (SSSR count). The van der Waals surface area contributed by atoms with E-state index in [1.54, 1.807) is 22.6 Å². The number of rotatable bonds is 2. The van der Waals surface area contributed by atoms with Gasteiger partial charge in [0, 0.05) is 3.57 Å². The fourth-order valence-electron chi connectivity index (χ4n) is 0.845. The van der Waals surface area contributed by atoms with Crippen LogP contribution in [-0.4, -0.2) is 11.3 Å². The minimum Gasteiger partial charge on any atom is -0.384 e. The molecule has 0 saturated carbocycles. The van der Waals surface area contributed by atoms with Gasteiger partial charge in [0.2, 0.25) is 0 Å². The quantitative estimate of drug-likeness (QED) is 0.671. The van der Waals surface area contributed by atoms with E-state index in [9.17, 15) is 13.6 Å². The fraction of sp³-hybridized carbons (Fsp3) is 0.143. The van der Waals surface area contributed by atoms with Gasteiger partial charge in [-0.3, -0.25) is 4.79 Å². The van der Waals surface area contributed by atoms with Crippen LogP contribution >= 0.6 is 22.6 Å². The summed E-state index contributed by atoms with van der Waals surface area (Å²) in [4.78, 5) is 13.8. The summed E-state index contributed by atoms with van der Waals surface area (Å²) in [7, 11) is 0. The zero-order valence-corrected chi connectivity index (χ0v) is 8.46. The molecule has 0 aliphatic heterocycles. The predicted octanol–water partition coefficient (Wildman–Crippen LogP) is 2.02. The van der Waals surface area contributed by atoms with Gasteiger partial charge in [0.05, 0.1) is 5.56 Å². The molecular formula is C7H5F2IN2O. The normalized spacial score (nSPS) is 10.5. The smallest absolute Gasteiger partial charge is 0.281 e. The molecule has 70 valence electrons. The third-order valence-corrected chi connectivity index (χ3v) is 2.27. The molecule has 0 aliphatic rings. The molecule has 0 aromatic carbocycles. The monoisotopic (exact) mass is 298 g/mol. The number of hydrogen-bond donors (Lipinski definition) is 1. The summed E-state index contributed by atoms with van der Waals surface area (Å²) < 4.78 is 25.0. The Hall–Kier alpha value is -0.790. The number of nitrogen functional groups attached to an aromatic ring is 1. The van der Waals surface area contributed by atoms with E-state index in [1.165, 1.54) is 6.07 Å². The van der Waals surface area contributed by atoms with Gasteiger partial charge >= 0.3 is 0 Å². The summed E-state index contributed by atoms with van der Waals surface area (Å²) in [5.41, 5.74) is 4.61. The number of alkyl halides is 2. The van der Waals surface area contributed by atoms with Crippen LogP contribution in [0.25, 0.3) is 0 Å². The van der Waals surface area contributed by atoms with Crippen molar-refractivity contribution in [3.05, 3.63) is 20.9 Å². The number of carbonyl (C=O) groups is 1. The van der Waals surface area contributed by atoms with Crippen molar-refractivity contribution in [3.63, 3.8) is 0 Å². The van der Waals surface area contributed by atoms with Gasteiger partial charge in [-0.2, -0.15) is 0 Å². The first-order valence-corrected chi connectivity index (χ1v) is 4.33. The summed E-state index contributed by atoms with van der Waals surface area (Å²) in [6.07, 6.45) is -2.42. The van der Waals surface area contributed by atoms with Crippen LogP contribution in [0.4, 0.5) is 14.6 Å². The van der Waals surface area contributed by atoms with Crippen molar-refractivity contribution in [2.24, 2.45) is 0 Å². The Bertz CT molecular complexity index is 344. The van der Waals surface area contributed by atoms with E-state index in [1.807, 2.05) is 0 Å². The highest BCUT2D eigenvalue weighted by Gasteiger charge is 2.17. The number of nitrogens with zero attached hydrogens (tertiary/aromatic N) is 1. The maximum Gasteiger partial charge on any atom is 0.281 e. The minimum atomic E-state index is -2.78. The Kier molecular flexibility index (Phi) is 3.12. The second-order valence-electron chi connectivity index (χ2n) is 2.25. The molecule has 0 unspecified atom stereocenters. The standard InChI is InChI=1S/C7H5F2IN2O/c8-7(9)6-3(2-13)4(10)1-5(11)12-6/h1-2,7H,(H2,11,12). The number of anilines is 1. The Balaban J connectivity index is 3.38. The fourth-order valence-corrected chi connectivity index (χ4v) is 1.57. The van der Waals surface area contributed by atoms with Crippen molar-refractivity contribution in [1.82, 2.24) is 4.98 Å². The summed E-state index contributed by atoms with van der Waals surface area (Å²) in [6, 6.07) is 1.37. The maximum atomic E-state index is 12.3. The molecule has 0 bridgehead atoms. The maximum absolute atomic E-state index is 12.3. The number of aromatic nitrogens is 1. The Labute approximate surface area is 86.5 Å². The molecule has 0 fully saturated rings. The van der Waals surface area contributed by atoms with Gasteiger partial charge in [0.25, 0.3) is 6.43 Å². The molecule has 6 heteroatoms. The summed E-state index contributed by atoms with van der Waals surface area (Å²) in [5, 5.41) is 0. The third-order valence-electron chi connectivity index (χ3n) is 1.38. The van der Waals surface area contributed by atoms with E-state index in [0.717, 1.165) is 0 Å². The van der Waals surface area contributed by atoms with Gasteiger partial charge in [0.15, 0.2) is 6.29 Å².